The Hall–Kier alpha value is -4.26. The molecule has 41 heavy (non-hydrogen) atoms. The molecule has 1 N–H and O–H groups in total. The van der Waals surface area contributed by atoms with E-state index in [1.807, 2.05) is 30.3 Å². The molecule has 3 heterocycles. The Morgan fingerprint density at radius 3 is 2.59 bits per heavy atom. The fourth-order valence-electron chi connectivity index (χ4n) is 4.68. The second kappa shape index (κ2) is 11.3. The first-order chi connectivity index (χ1) is 19.5. The second-order valence-corrected chi connectivity index (χ2v) is 11.6. The molecular formula is C28H26F3N5O4S. The molecule has 1 aliphatic heterocycles. The number of sulfone groups is 1. The van der Waals surface area contributed by atoms with Crippen molar-refractivity contribution in [3.05, 3.63) is 83.8 Å². The Bertz CT molecular complexity index is 1660. The van der Waals surface area contributed by atoms with E-state index < -0.39 is 38.9 Å². The summed E-state index contributed by atoms with van der Waals surface area (Å²) in [6, 6.07) is 14.8. The first kappa shape index (κ1) is 28.3. The molecule has 1 aliphatic rings. The number of nitrogens with zero attached hydrogens (tertiary/aromatic N) is 4. The molecule has 2 aromatic carbocycles. The van der Waals surface area contributed by atoms with E-state index in [1.165, 1.54) is 24.4 Å². The number of amides is 1. The molecule has 0 saturated carbocycles. The number of ether oxygens (including phenoxy) is 1. The van der Waals surface area contributed by atoms with Gasteiger partial charge in [-0.3, -0.25) is 4.90 Å². The van der Waals surface area contributed by atoms with Gasteiger partial charge < -0.3 is 9.72 Å². The molecule has 0 bridgehead atoms. The van der Waals surface area contributed by atoms with Crippen molar-refractivity contribution in [1.82, 2.24) is 24.8 Å². The predicted octanol–water partition coefficient (Wildman–Crippen LogP) is 5.82. The highest BCUT2D eigenvalue weighted by Crippen LogP contribution is 2.38. The van der Waals surface area contributed by atoms with Crippen molar-refractivity contribution in [1.29, 1.82) is 0 Å². The quantitative estimate of drug-likeness (QED) is 0.283. The maximum Gasteiger partial charge on any atom is 0.416 e. The third-order valence-electron chi connectivity index (χ3n) is 6.66. The highest BCUT2D eigenvalue weighted by atomic mass is 32.2. The van der Waals surface area contributed by atoms with E-state index in [0.717, 1.165) is 36.8 Å². The Labute approximate surface area is 234 Å². The lowest BCUT2D eigenvalue weighted by Crippen LogP contribution is -2.39. The molecule has 0 aliphatic carbocycles. The summed E-state index contributed by atoms with van der Waals surface area (Å²) in [5.74, 6) is 0.322. The number of imidazole rings is 1. The van der Waals surface area contributed by atoms with E-state index in [1.54, 1.807) is 4.90 Å². The van der Waals surface area contributed by atoms with E-state index >= 15 is 0 Å². The molecule has 1 fully saturated rings. The Morgan fingerprint density at radius 1 is 1.07 bits per heavy atom. The van der Waals surface area contributed by atoms with E-state index in [0.29, 0.717) is 18.8 Å². The molecule has 13 heteroatoms. The molecule has 9 nitrogen and oxygen atoms in total. The van der Waals surface area contributed by atoms with Crippen molar-refractivity contribution in [3.8, 4) is 22.6 Å². The van der Waals surface area contributed by atoms with Crippen LogP contribution in [0.5, 0.6) is 0 Å². The minimum atomic E-state index is -4.59. The number of aromatic nitrogens is 4. The Morgan fingerprint density at radius 2 is 1.85 bits per heavy atom. The highest BCUT2D eigenvalue weighted by Gasteiger charge is 2.34. The number of hydrogen-bond donors (Lipinski definition) is 1. The molecule has 5 rings (SSSR count). The van der Waals surface area contributed by atoms with E-state index in [4.69, 9.17) is 4.74 Å². The van der Waals surface area contributed by atoms with Crippen molar-refractivity contribution >= 4 is 15.9 Å². The van der Waals surface area contributed by atoms with Gasteiger partial charge in [0, 0.05) is 24.6 Å². The van der Waals surface area contributed by atoms with Crippen molar-refractivity contribution in [2.75, 3.05) is 12.8 Å². The van der Waals surface area contributed by atoms with Crippen molar-refractivity contribution in [2.24, 2.45) is 0 Å². The minimum Gasteiger partial charge on any atom is -0.445 e. The standard InChI is InChI=1S/C28H26F3N5O4S/c1-41(38,39)26-32-14-13-21(33-26)24-23(19-10-7-11-20(16-19)28(29,30)31)34-25(35-24)22-12-5-6-15-36(22)27(37)40-17-18-8-3-2-4-9-18/h2-4,7-11,13-14,16,22H,5-6,12,15,17H2,1H3,(H,34,35). The smallest absolute Gasteiger partial charge is 0.416 e. The Balaban J connectivity index is 1.56. The summed E-state index contributed by atoms with van der Waals surface area (Å²) < 4.78 is 70.5. The number of nitrogens with one attached hydrogen (secondary N) is 1. The normalized spacial score (nSPS) is 16.0. The molecule has 0 radical (unpaired) electrons. The molecule has 0 spiro atoms. The van der Waals surface area contributed by atoms with Crippen LogP contribution in [0.4, 0.5) is 18.0 Å². The number of likely N-dealkylation sites (tertiary alicyclic amines) is 1. The largest absolute Gasteiger partial charge is 0.445 e. The van der Waals surface area contributed by atoms with Gasteiger partial charge in [-0.05, 0) is 43.0 Å². The van der Waals surface area contributed by atoms with Crippen molar-refractivity contribution in [2.45, 2.75) is 43.2 Å². The number of aromatic amines is 1. The van der Waals surface area contributed by atoms with Gasteiger partial charge in [0.2, 0.25) is 15.0 Å². The summed E-state index contributed by atoms with van der Waals surface area (Å²) in [6.07, 6.45) is -0.854. The van der Waals surface area contributed by atoms with Crippen LogP contribution in [-0.2, 0) is 27.4 Å². The predicted molar refractivity (Wildman–Crippen MR) is 143 cm³/mol. The van der Waals surface area contributed by atoms with Gasteiger partial charge in [-0.15, -0.1) is 0 Å². The first-order valence-electron chi connectivity index (χ1n) is 12.8. The summed E-state index contributed by atoms with van der Waals surface area (Å²) in [5.41, 5.74) is 0.564. The number of carbonyl (C=O) groups is 1. The van der Waals surface area contributed by atoms with Crippen LogP contribution in [0.2, 0.25) is 0 Å². The van der Waals surface area contributed by atoms with E-state index in [9.17, 15) is 26.4 Å². The third kappa shape index (κ3) is 6.40. The Kier molecular flexibility index (Phi) is 7.80. The summed E-state index contributed by atoms with van der Waals surface area (Å²) in [5, 5.41) is -0.440. The van der Waals surface area contributed by atoms with Gasteiger partial charge in [0.05, 0.1) is 28.7 Å². The van der Waals surface area contributed by atoms with Crippen LogP contribution in [-0.4, -0.2) is 52.1 Å². The van der Waals surface area contributed by atoms with Gasteiger partial charge >= 0.3 is 12.3 Å². The first-order valence-corrected chi connectivity index (χ1v) is 14.7. The molecule has 1 amide bonds. The summed E-state index contributed by atoms with van der Waals surface area (Å²) >= 11 is 0. The summed E-state index contributed by atoms with van der Waals surface area (Å²) in [4.78, 5) is 30.5. The molecular weight excluding hydrogens is 559 g/mol. The monoisotopic (exact) mass is 585 g/mol. The van der Waals surface area contributed by atoms with Crippen LogP contribution < -0.4 is 0 Å². The van der Waals surface area contributed by atoms with E-state index in [2.05, 4.69) is 19.9 Å². The van der Waals surface area contributed by atoms with E-state index in [-0.39, 0.29) is 29.3 Å². The minimum absolute atomic E-state index is 0.0803. The maximum atomic E-state index is 13.5. The van der Waals surface area contributed by atoms with Gasteiger partial charge in [-0.2, -0.15) is 13.2 Å². The highest BCUT2D eigenvalue weighted by molar-refractivity contribution is 7.90. The number of carbonyl (C=O) groups excluding carboxylic acids is 1. The zero-order chi connectivity index (χ0) is 29.2. The number of hydrogen-bond acceptors (Lipinski definition) is 7. The zero-order valence-electron chi connectivity index (χ0n) is 21.9. The zero-order valence-corrected chi connectivity index (χ0v) is 22.7. The summed E-state index contributed by atoms with van der Waals surface area (Å²) in [6.45, 7) is 0.482. The molecule has 214 valence electrons. The summed E-state index contributed by atoms with van der Waals surface area (Å²) in [7, 11) is -3.77. The van der Waals surface area contributed by atoms with Gasteiger partial charge in [-0.1, -0.05) is 42.5 Å². The lowest BCUT2D eigenvalue weighted by Gasteiger charge is -2.33. The molecule has 1 saturated heterocycles. The maximum absolute atomic E-state index is 13.5. The molecule has 2 aromatic heterocycles. The van der Waals surface area contributed by atoms with Crippen LogP contribution in [0.3, 0.4) is 0 Å². The molecule has 1 atom stereocenters. The number of alkyl halides is 3. The third-order valence-corrected chi connectivity index (χ3v) is 7.52. The number of halogens is 3. The number of H-pyrrole nitrogens is 1. The van der Waals surface area contributed by atoms with Crippen molar-refractivity contribution < 1.29 is 31.1 Å². The van der Waals surface area contributed by atoms with Crippen LogP contribution in [0, 0.1) is 0 Å². The van der Waals surface area contributed by atoms with Gasteiger partial charge in [-0.25, -0.2) is 28.2 Å². The van der Waals surface area contributed by atoms with Crippen LogP contribution in [0.15, 0.2) is 72.0 Å². The topological polar surface area (TPSA) is 118 Å². The lowest BCUT2D eigenvalue weighted by atomic mass is 10.0. The molecule has 1 unspecified atom stereocenters. The number of benzene rings is 2. The van der Waals surface area contributed by atoms with Crippen LogP contribution in [0.1, 0.15) is 42.3 Å². The van der Waals surface area contributed by atoms with Crippen LogP contribution >= 0.6 is 0 Å². The number of piperidine rings is 1. The average Bonchev–Trinajstić information content (AvgIpc) is 3.41. The second-order valence-electron chi connectivity index (χ2n) is 9.67. The molecule has 4 aromatic rings. The van der Waals surface area contributed by atoms with Crippen molar-refractivity contribution in [3.63, 3.8) is 0 Å². The van der Waals surface area contributed by atoms with Gasteiger partial charge in [0.1, 0.15) is 12.4 Å². The number of rotatable bonds is 6. The van der Waals surface area contributed by atoms with Gasteiger partial charge in [0.25, 0.3) is 0 Å². The fraction of sp³-hybridized carbons (Fsp3) is 0.286. The fourth-order valence-corrected chi connectivity index (χ4v) is 5.20. The van der Waals surface area contributed by atoms with Gasteiger partial charge in [0.15, 0.2) is 0 Å². The lowest BCUT2D eigenvalue weighted by molar-refractivity contribution is -0.137. The van der Waals surface area contributed by atoms with Crippen LogP contribution in [0.25, 0.3) is 22.6 Å². The SMILES string of the molecule is CS(=O)(=O)c1nccc(-c2[nH]c(C3CCCCN3C(=O)OCc3ccccc3)nc2-c2cccc(C(F)(F)F)c2)n1. The average molecular weight is 586 g/mol.